The topological polar surface area (TPSA) is 0 Å². The van der Waals surface area contributed by atoms with Crippen molar-refractivity contribution < 1.29 is 0 Å². The number of hydrogen-bond donors (Lipinski definition) is 0. The van der Waals surface area contributed by atoms with Crippen molar-refractivity contribution in [3.8, 4) is 0 Å². The predicted octanol–water partition coefficient (Wildman–Crippen LogP) is 5.28. The molecule has 3 aromatic carbocycles. The second kappa shape index (κ2) is 9.13. The fraction of sp³-hybridized carbons (Fsp3) is 0.0400. The molecule has 0 heterocycles. The van der Waals surface area contributed by atoms with E-state index in [0.717, 1.165) is 6.16 Å². The van der Waals surface area contributed by atoms with Crippen molar-refractivity contribution >= 4 is 23.2 Å². The first kappa shape index (κ1) is 18.1. The van der Waals surface area contributed by atoms with Gasteiger partial charge in [-0.15, -0.1) is 0 Å². The molecule has 0 radical (unpaired) electrons. The molecule has 0 N–H and O–H groups in total. The molecular formula is C25H24P+. The van der Waals surface area contributed by atoms with Crippen LogP contribution in [0.1, 0.15) is 0 Å². The highest BCUT2D eigenvalue weighted by atomic mass is 31.2. The lowest BCUT2D eigenvalue weighted by molar-refractivity contribution is 1.65. The molecule has 0 aromatic heterocycles. The van der Waals surface area contributed by atoms with Crippen LogP contribution in [0.3, 0.4) is 0 Å². The van der Waals surface area contributed by atoms with E-state index >= 15 is 0 Å². The third-order valence-electron chi connectivity index (χ3n) is 4.46. The molecule has 3 aromatic rings. The van der Waals surface area contributed by atoms with E-state index in [0.29, 0.717) is 0 Å². The molecule has 0 amide bonds. The summed E-state index contributed by atoms with van der Waals surface area (Å²) in [7, 11) is -1.75. The summed E-state index contributed by atoms with van der Waals surface area (Å²) in [6.45, 7) is 3.74. The van der Waals surface area contributed by atoms with E-state index in [4.69, 9.17) is 0 Å². The minimum atomic E-state index is -1.75. The van der Waals surface area contributed by atoms with Crippen LogP contribution in [0, 0.1) is 0 Å². The zero-order valence-electron chi connectivity index (χ0n) is 14.9. The first-order valence-electron chi connectivity index (χ1n) is 8.87. The van der Waals surface area contributed by atoms with Crippen LogP contribution in [0.15, 0.2) is 128 Å². The van der Waals surface area contributed by atoms with Gasteiger partial charge in [0.1, 0.15) is 23.2 Å². The summed E-state index contributed by atoms with van der Waals surface area (Å²) in [5.74, 6) is 0. The average molecular weight is 355 g/mol. The Labute approximate surface area is 157 Å². The van der Waals surface area contributed by atoms with Crippen LogP contribution in [0.2, 0.25) is 0 Å². The summed E-state index contributed by atoms with van der Waals surface area (Å²) in [6.07, 6.45) is 11.2. The summed E-state index contributed by atoms with van der Waals surface area (Å²) in [5.41, 5.74) is 0. The molecule has 0 aliphatic heterocycles. The van der Waals surface area contributed by atoms with Crippen molar-refractivity contribution in [2.24, 2.45) is 0 Å². The van der Waals surface area contributed by atoms with Crippen molar-refractivity contribution in [2.75, 3.05) is 6.16 Å². The number of hydrogen-bond acceptors (Lipinski definition) is 0. The third kappa shape index (κ3) is 3.93. The highest BCUT2D eigenvalue weighted by Crippen LogP contribution is 2.55. The second-order valence-corrected chi connectivity index (χ2v) is 9.58. The zero-order chi connectivity index (χ0) is 18.1. The van der Waals surface area contributed by atoms with Gasteiger partial charge >= 0.3 is 0 Å². The number of rotatable bonds is 7. The Morgan fingerprint density at radius 2 is 1.00 bits per heavy atom. The molecule has 0 fully saturated rings. The van der Waals surface area contributed by atoms with Gasteiger partial charge in [-0.05, 0) is 42.5 Å². The Bertz CT molecular complexity index is 765. The van der Waals surface area contributed by atoms with Crippen LogP contribution in [-0.4, -0.2) is 6.16 Å². The summed E-state index contributed by atoms with van der Waals surface area (Å²) in [6, 6.07) is 32.9. The molecule has 0 spiro atoms. The van der Waals surface area contributed by atoms with E-state index in [1.54, 1.807) is 6.08 Å². The maximum Gasteiger partial charge on any atom is 0.115 e. The fourth-order valence-electron chi connectivity index (χ4n) is 3.25. The lowest BCUT2D eigenvalue weighted by Crippen LogP contribution is -2.32. The monoisotopic (exact) mass is 355 g/mol. The Morgan fingerprint density at radius 1 is 0.577 bits per heavy atom. The molecule has 3 rings (SSSR count). The first-order valence-corrected chi connectivity index (χ1v) is 10.8. The minimum Gasteiger partial charge on any atom is -0.0991 e. The third-order valence-corrected chi connectivity index (χ3v) is 8.76. The predicted molar refractivity (Wildman–Crippen MR) is 118 cm³/mol. The molecule has 0 unspecified atom stereocenters. The van der Waals surface area contributed by atoms with Gasteiger partial charge in [-0.25, -0.2) is 0 Å². The second-order valence-electron chi connectivity index (χ2n) is 6.05. The average Bonchev–Trinajstić information content (AvgIpc) is 2.73. The van der Waals surface area contributed by atoms with Gasteiger partial charge in [-0.1, -0.05) is 85.5 Å². The highest BCUT2D eigenvalue weighted by Gasteiger charge is 2.43. The molecule has 0 saturated heterocycles. The Balaban J connectivity index is 2.19. The van der Waals surface area contributed by atoms with Crippen molar-refractivity contribution in [3.63, 3.8) is 0 Å². The van der Waals surface area contributed by atoms with Crippen LogP contribution < -0.4 is 15.9 Å². The van der Waals surface area contributed by atoms with E-state index in [-0.39, 0.29) is 0 Å². The first-order chi connectivity index (χ1) is 12.9. The summed E-state index contributed by atoms with van der Waals surface area (Å²) < 4.78 is 0. The van der Waals surface area contributed by atoms with Gasteiger partial charge in [0.2, 0.25) is 0 Å². The van der Waals surface area contributed by atoms with E-state index in [2.05, 4.69) is 110 Å². The summed E-state index contributed by atoms with van der Waals surface area (Å²) in [4.78, 5) is 0. The van der Waals surface area contributed by atoms with Crippen molar-refractivity contribution in [1.29, 1.82) is 0 Å². The molecule has 0 saturated carbocycles. The SMILES string of the molecule is C=C/C=C\C=C/C[P+](c1ccccc1)(c1ccccc1)c1ccccc1. The molecule has 1 heteroatoms. The van der Waals surface area contributed by atoms with Gasteiger partial charge in [-0.3, -0.25) is 0 Å². The van der Waals surface area contributed by atoms with Gasteiger partial charge < -0.3 is 0 Å². The Kier molecular flexibility index (Phi) is 6.36. The van der Waals surface area contributed by atoms with Crippen LogP contribution in [0.5, 0.6) is 0 Å². The number of allylic oxidation sites excluding steroid dienone is 5. The van der Waals surface area contributed by atoms with E-state index in [9.17, 15) is 0 Å². The smallest absolute Gasteiger partial charge is 0.0991 e. The van der Waals surface area contributed by atoms with E-state index in [1.165, 1.54) is 15.9 Å². The van der Waals surface area contributed by atoms with E-state index in [1.807, 2.05) is 12.2 Å². The standard InChI is InChI=1S/C25H24P/c1-2-3-4-5-15-22-26(23-16-9-6-10-17-23,24-18-11-7-12-19-24)25-20-13-8-14-21-25/h2-21H,1,22H2/q+1/b4-3-,15-5-. The molecule has 0 nitrogen and oxygen atoms in total. The molecule has 26 heavy (non-hydrogen) atoms. The lowest BCUT2D eigenvalue weighted by Gasteiger charge is -2.26. The van der Waals surface area contributed by atoms with Gasteiger partial charge in [-0.2, -0.15) is 0 Å². The molecule has 0 bridgehead atoms. The van der Waals surface area contributed by atoms with Gasteiger partial charge in [0.05, 0.1) is 6.16 Å². The highest BCUT2D eigenvalue weighted by molar-refractivity contribution is 7.95. The van der Waals surface area contributed by atoms with Gasteiger partial charge in [0, 0.05) is 0 Å². The molecular weight excluding hydrogens is 331 g/mol. The molecule has 0 atom stereocenters. The van der Waals surface area contributed by atoms with E-state index < -0.39 is 7.26 Å². The van der Waals surface area contributed by atoms with Crippen molar-refractivity contribution in [3.05, 3.63) is 128 Å². The quantitative estimate of drug-likeness (QED) is 0.400. The lowest BCUT2D eigenvalue weighted by atomic mass is 10.4. The minimum absolute atomic E-state index is 0.993. The largest absolute Gasteiger partial charge is 0.115 e. The van der Waals surface area contributed by atoms with Crippen LogP contribution in [0.25, 0.3) is 0 Å². The van der Waals surface area contributed by atoms with Crippen molar-refractivity contribution in [2.45, 2.75) is 0 Å². The normalized spacial score (nSPS) is 11.8. The molecule has 0 aliphatic rings. The fourth-order valence-corrected chi connectivity index (χ4v) is 7.26. The van der Waals surface area contributed by atoms with Crippen LogP contribution in [-0.2, 0) is 0 Å². The van der Waals surface area contributed by atoms with Crippen molar-refractivity contribution in [1.82, 2.24) is 0 Å². The Hall–Kier alpha value is -2.69. The number of benzene rings is 3. The summed E-state index contributed by atoms with van der Waals surface area (Å²) >= 11 is 0. The zero-order valence-corrected chi connectivity index (χ0v) is 15.8. The molecule has 128 valence electrons. The van der Waals surface area contributed by atoms with Crippen LogP contribution in [0.4, 0.5) is 0 Å². The summed E-state index contributed by atoms with van der Waals surface area (Å²) in [5, 5.41) is 4.24. The molecule has 0 aliphatic carbocycles. The van der Waals surface area contributed by atoms with Crippen LogP contribution >= 0.6 is 7.26 Å². The maximum atomic E-state index is 3.74. The van der Waals surface area contributed by atoms with Gasteiger partial charge in [0.15, 0.2) is 0 Å². The van der Waals surface area contributed by atoms with Gasteiger partial charge in [0.25, 0.3) is 0 Å². The maximum absolute atomic E-state index is 3.74. The Morgan fingerprint density at radius 3 is 1.38 bits per heavy atom.